The fourth-order valence-electron chi connectivity index (χ4n) is 3.67. The molecule has 2 aliphatic rings. The summed E-state index contributed by atoms with van der Waals surface area (Å²) >= 11 is 0. The van der Waals surface area contributed by atoms with Crippen LogP contribution >= 0.6 is 24.0 Å². The second-order valence-corrected chi connectivity index (χ2v) is 7.28. The number of benzene rings is 1. The number of hydrogen-bond acceptors (Lipinski definition) is 4. The molecule has 2 aliphatic heterocycles. The van der Waals surface area contributed by atoms with Crippen LogP contribution in [0.1, 0.15) is 30.4 Å². The fourth-order valence-corrected chi connectivity index (χ4v) is 3.67. The summed E-state index contributed by atoms with van der Waals surface area (Å²) in [4.78, 5) is 6.80. The molecule has 28 heavy (non-hydrogen) atoms. The lowest BCUT2D eigenvalue weighted by molar-refractivity contribution is 0.0168. The molecule has 0 saturated carbocycles. The van der Waals surface area contributed by atoms with E-state index in [0.29, 0.717) is 6.10 Å². The van der Waals surface area contributed by atoms with Crippen LogP contribution in [0.15, 0.2) is 29.3 Å². The van der Waals surface area contributed by atoms with Gasteiger partial charge >= 0.3 is 0 Å². The lowest BCUT2D eigenvalue weighted by Crippen LogP contribution is -2.43. The molecule has 0 aromatic heterocycles. The summed E-state index contributed by atoms with van der Waals surface area (Å²) in [6.07, 6.45) is 4.73. The monoisotopic (exact) mass is 502 g/mol. The van der Waals surface area contributed by atoms with Crippen molar-refractivity contribution in [3.05, 3.63) is 35.4 Å². The molecule has 3 rings (SSSR count). The Morgan fingerprint density at radius 2 is 2.07 bits per heavy atom. The molecule has 1 atom stereocenters. The fraction of sp³-hybridized carbons (Fsp3) is 0.667. The molecule has 1 fully saturated rings. The van der Waals surface area contributed by atoms with Gasteiger partial charge in [-0.05, 0) is 36.8 Å². The van der Waals surface area contributed by atoms with Crippen LogP contribution in [0.4, 0.5) is 0 Å². The third-order valence-corrected chi connectivity index (χ3v) is 5.24. The number of rotatable bonds is 9. The van der Waals surface area contributed by atoms with E-state index in [2.05, 4.69) is 44.8 Å². The zero-order chi connectivity index (χ0) is 18.7. The lowest BCUT2D eigenvalue weighted by Gasteiger charge is -2.28. The van der Waals surface area contributed by atoms with Crippen LogP contribution in [0, 0.1) is 0 Å². The molecule has 1 unspecified atom stereocenters. The van der Waals surface area contributed by atoms with Crippen molar-refractivity contribution in [1.82, 2.24) is 15.5 Å². The smallest absolute Gasteiger partial charge is 0.191 e. The molecule has 0 amide bonds. The van der Waals surface area contributed by atoms with Gasteiger partial charge in [-0.3, -0.25) is 9.89 Å². The van der Waals surface area contributed by atoms with E-state index in [1.54, 1.807) is 0 Å². The first-order valence-electron chi connectivity index (χ1n) is 10.3. The SMILES string of the molecule is CN=C(NCCCOCC1CCCO1)NCCN1CCc2ccccc2C1.I. The molecule has 158 valence electrons. The van der Waals surface area contributed by atoms with Crippen LogP contribution in [0.3, 0.4) is 0 Å². The van der Waals surface area contributed by atoms with Gasteiger partial charge in [-0.25, -0.2) is 0 Å². The number of nitrogens with zero attached hydrogens (tertiary/aromatic N) is 2. The van der Waals surface area contributed by atoms with E-state index in [1.165, 1.54) is 17.5 Å². The second-order valence-electron chi connectivity index (χ2n) is 7.28. The highest BCUT2D eigenvalue weighted by atomic mass is 127. The third kappa shape index (κ3) is 7.85. The molecule has 0 aliphatic carbocycles. The summed E-state index contributed by atoms with van der Waals surface area (Å²) in [6.45, 7) is 7.35. The third-order valence-electron chi connectivity index (χ3n) is 5.24. The van der Waals surface area contributed by atoms with Crippen LogP contribution in [-0.2, 0) is 22.4 Å². The maximum Gasteiger partial charge on any atom is 0.191 e. The highest BCUT2D eigenvalue weighted by Gasteiger charge is 2.16. The number of nitrogens with one attached hydrogen (secondary N) is 2. The first-order valence-corrected chi connectivity index (χ1v) is 10.3. The highest BCUT2D eigenvalue weighted by Crippen LogP contribution is 2.17. The van der Waals surface area contributed by atoms with E-state index in [-0.39, 0.29) is 24.0 Å². The Bertz CT molecular complexity index is 594. The minimum Gasteiger partial charge on any atom is -0.379 e. The minimum atomic E-state index is 0. The van der Waals surface area contributed by atoms with Crippen molar-refractivity contribution in [3.8, 4) is 0 Å². The molecule has 0 bridgehead atoms. The summed E-state index contributed by atoms with van der Waals surface area (Å²) in [7, 11) is 1.82. The molecule has 1 aromatic carbocycles. The van der Waals surface area contributed by atoms with Crippen molar-refractivity contribution in [1.29, 1.82) is 0 Å². The number of fused-ring (bicyclic) bond motifs is 1. The second kappa shape index (κ2) is 13.3. The Balaban J connectivity index is 0.00000280. The molecule has 1 saturated heterocycles. The Hall–Kier alpha value is -0.900. The molecule has 0 spiro atoms. The number of guanidine groups is 1. The summed E-state index contributed by atoms with van der Waals surface area (Å²) in [5.41, 5.74) is 2.97. The lowest BCUT2D eigenvalue weighted by atomic mass is 10.00. The average molecular weight is 502 g/mol. The Kier molecular flexibility index (Phi) is 11.1. The van der Waals surface area contributed by atoms with Gasteiger partial charge in [0, 0.05) is 53.0 Å². The van der Waals surface area contributed by atoms with Gasteiger partial charge in [-0.2, -0.15) is 0 Å². The van der Waals surface area contributed by atoms with Gasteiger partial charge in [0.1, 0.15) is 0 Å². The van der Waals surface area contributed by atoms with Crippen LogP contribution in [0.25, 0.3) is 0 Å². The molecule has 1 aromatic rings. The zero-order valence-corrected chi connectivity index (χ0v) is 19.3. The quantitative estimate of drug-likeness (QED) is 0.235. The van der Waals surface area contributed by atoms with Crippen molar-refractivity contribution >= 4 is 29.9 Å². The molecule has 6 nitrogen and oxygen atoms in total. The molecule has 0 radical (unpaired) electrons. The van der Waals surface area contributed by atoms with E-state index in [1.807, 2.05) is 7.05 Å². The van der Waals surface area contributed by atoms with Crippen molar-refractivity contribution in [2.24, 2.45) is 4.99 Å². The average Bonchev–Trinajstić information content (AvgIpc) is 3.22. The first kappa shape index (κ1) is 23.4. The van der Waals surface area contributed by atoms with Crippen molar-refractivity contribution in [3.63, 3.8) is 0 Å². The predicted octanol–water partition coefficient (Wildman–Crippen LogP) is 2.41. The predicted molar refractivity (Wildman–Crippen MR) is 125 cm³/mol. The molecule has 2 N–H and O–H groups in total. The Morgan fingerprint density at radius 3 is 2.86 bits per heavy atom. The van der Waals surface area contributed by atoms with Crippen LogP contribution in [0.2, 0.25) is 0 Å². The van der Waals surface area contributed by atoms with Crippen LogP contribution < -0.4 is 10.6 Å². The Morgan fingerprint density at radius 1 is 1.25 bits per heavy atom. The molecular weight excluding hydrogens is 467 g/mol. The molecule has 2 heterocycles. The normalized spacial score (nSPS) is 19.8. The van der Waals surface area contributed by atoms with Gasteiger partial charge in [0.2, 0.25) is 0 Å². The number of hydrogen-bond donors (Lipinski definition) is 2. The van der Waals surface area contributed by atoms with Gasteiger partial charge in [-0.15, -0.1) is 24.0 Å². The largest absolute Gasteiger partial charge is 0.379 e. The van der Waals surface area contributed by atoms with Crippen molar-refractivity contribution in [2.45, 2.75) is 38.3 Å². The standard InChI is InChI=1S/C21H34N4O2.HI/c1-22-21(23-10-5-14-26-17-20-8-4-15-27-20)24-11-13-25-12-9-18-6-2-3-7-19(18)16-25;/h2-3,6-7,20H,4-5,8-17H2,1H3,(H2,22,23,24);1H. The van der Waals surface area contributed by atoms with Crippen LogP contribution in [-0.4, -0.2) is 70.0 Å². The van der Waals surface area contributed by atoms with Gasteiger partial charge in [-0.1, -0.05) is 24.3 Å². The highest BCUT2D eigenvalue weighted by molar-refractivity contribution is 14.0. The van der Waals surface area contributed by atoms with E-state index >= 15 is 0 Å². The van der Waals surface area contributed by atoms with Crippen molar-refractivity contribution in [2.75, 3.05) is 53.0 Å². The number of ether oxygens (including phenoxy) is 2. The first-order chi connectivity index (χ1) is 13.3. The van der Waals surface area contributed by atoms with Gasteiger partial charge in [0.05, 0.1) is 12.7 Å². The van der Waals surface area contributed by atoms with Crippen molar-refractivity contribution < 1.29 is 9.47 Å². The summed E-state index contributed by atoms with van der Waals surface area (Å²) in [5.74, 6) is 0.867. The van der Waals surface area contributed by atoms with Gasteiger partial charge < -0.3 is 20.1 Å². The number of aliphatic imine (C=N–C) groups is 1. The van der Waals surface area contributed by atoms with Crippen LogP contribution in [0.5, 0.6) is 0 Å². The maximum atomic E-state index is 5.69. The van der Waals surface area contributed by atoms with E-state index in [0.717, 1.165) is 77.8 Å². The van der Waals surface area contributed by atoms with E-state index in [9.17, 15) is 0 Å². The maximum absolute atomic E-state index is 5.69. The molecular formula is C21H35IN4O2. The topological polar surface area (TPSA) is 58.1 Å². The van der Waals surface area contributed by atoms with Gasteiger partial charge in [0.15, 0.2) is 5.96 Å². The van der Waals surface area contributed by atoms with E-state index < -0.39 is 0 Å². The minimum absolute atomic E-state index is 0. The summed E-state index contributed by atoms with van der Waals surface area (Å²) in [6, 6.07) is 8.77. The van der Waals surface area contributed by atoms with Gasteiger partial charge in [0.25, 0.3) is 0 Å². The summed E-state index contributed by atoms with van der Waals surface area (Å²) in [5, 5.41) is 6.77. The molecule has 7 heteroatoms. The zero-order valence-electron chi connectivity index (χ0n) is 17.0. The summed E-state index contributed by atoms with van der Waals surface area (Å²) < 4.78 is 11.2. The Labute approximate surface area is 186 Å². The van der Waals surface area contributed by atoms with E-state index in [4.69, 9.17) is 9.47 Å². The number of halogens is 1.